The molecule has 4 rings (SSSR count). The fourth-order valence-corrected chi connectivity index (χ4v) is 4.25. The summed E-state index contributed by atoms with van der Waals surface area (Å²) in [6.45, 7) is 1.69. The van der Waals surface area contributed by atoms with Gasteiger partial charge in [-0.2, -0.15) is 0 Å². The van der Waals surface area contributed by atoms with Gasteiger partial charge in [0.2, 0.25) is 5.82 Å². The van der Waals surface area contributed by atoms with Crippen LogP contribution in [-0.4, -0.2) is 45.9 Å². The lowest BCUT2D eigenvalue weighted by Gasteiger charge is -2.22. The van der Waals surface area contributed by atoms with Crippen molar-refractivity contribution in [2.75, 3.05) is 20.8 Å². The van der Waals surface area contributed by atoms with Crippen molar-refractivity contribution in [2.24, 2.45) is 0 Å². The second-order valence-corrected chi connectivity index (χ2v) is 7.16. The Balaban J connectivity index is 1.51. The first-order chi connectivity index (χ1) is 12.8. The molecule has 3 aromatic rings. The van der Waals surface area contributed by atoms with E-state index in [1.807, 2.05) is 29.5 Å². The number of tetrazole rings is 1. The van der Waals surface area contributed by atoms with Crippen LogP contribution in [0.25, 0.3) is 11.4 Å². The lowest BCUT2D eigenvalue weighted by Crippen LogP contribution is -2.27. The van der Waals surface area contributed by atoms with Gasteiger partial charge in [-0.15, -0.1) is 26.3 Å². The van der Waals surface area contributed by atoms with Gasteiger partial charge in [0, 0.05) is 23.0 Å². The van der Waals surface area contributed by atoms with E-state index in [2.05, 4.69) is 37.8 Å². The van der Waals surface area contributed by atoms with Crippen LogP contribution >= 0.6 is 11.3 Å². The van der Waals surface area contributed by atoms with Crippen LogP contribution in [0, 0.1) is 0 Å². The summed E-state index contributed by atoms with van der Waals surface area (Å²) in [7, 11) is 3.23. The molecule has 0 spiro atoms. The molecule has 1 aliphatic heterocycles. The van der Waals surface area contributed by atoms with Crippen LogP contribution in [0.3, 0.4) is 0 Å². The van der Waals surface area contributed by atoms with E-state index in [0.717, 1.165) is 12.1 Å². The van der Waals surface area contributed by atoms with E-state index in [1.165, 1.54) is 17.7 Å². The number of aromatic nitrogens is 4. The molecule has 8 heteroatoms. The van der Waals surface area contributed by atoms with Crippen LogP contribution in [0.4, 0.5) is 0 Å². The molecular formula is C18H21N5O2S. The predicted octanol–water partition coefficient (Wildman–Crippen LogP) is 3.21. The third-order valence-corrected chi connectivity index (χ3v) is 5.61. The Labute approximate surface area is 156 Å². The van der Waals surface area contributed by atoms with Crippen molar-refractivity contribution in [1.82, 2.24) is 25.1 Å². The summed E-state index contributed by atoms with van der Waals surface area (Å²) < 4.78 is 10.6. The summed E-state index contributed by atoms with van der Waals surface area (Å²) in [5.41, 5.74) is 0.852. The standard InChI is InChI=1S/C18H21N5O2S/c1-24-15-8-7-13(11-16(15)25-2)18-19-21-23(20-18)12-22-9-3-5-14(22)17-6-4-10-26-17/h4,6-8,10-11,14H,3,5,9,12H2,1-2H3. The molecule has 1 fully saturated rings. The number of nitrogens with zero attached hydrogens (tertiary/aromatic N) is 5. The molecule has 0 amide bonds. The first-order valence-electron chi connectivity index (χ1n) is 8.56. The van der Waals surface area contributed by atoms with Gasteiger partial charge in [0.1, 0.15) is 6.67 Å². The van der Waals surface area contributed by atoms with Crippen molar-refractivity contribution < 1.29 is 9.47 Å². The number of hydrogen-bond acceptors (Lipinski definition) is 7. The molecule has 2 aromatic heterocycles. The fraction of sp³-hybridized carbons (Fsp3) is 0.389. The minimum atomic E-state index is 0.450. The van der Waals surface area contributed by atoms with E-state index >= 15 is 0 Å². The molecule has 0 bridgehead atoms. The van der Waals surface area contributed by atoms with E-state index < -0.39 is 0 Å². The van der Waals surface area contributed by atoms with Gasteiger partial charge < -0.3 is 9.47 Å². The molecule has 0 saturated carbocycles. The fourth-order valence-electron chi connectivity index (χ4n) is 3.35. The largest absolute Gasteiger partial charge is 0.493 e. The molecule has 1 atom stereocenters. The minimum Gasteiger partial charge on any atom is -0.493 e. The number of methoxy groups -OCH3 is 2. The SMILES string of the molecule is COc1ccc(-c2nnn(CN3CCCC3c3cccs3)n2)cc1OC. The first kappa shape index (κ1) is 17.0. The number of ether oxygens (including phenoxy) is 2. The average Bonchev–Trinajstić information content (AvgIpc) is 3.42. The van der Waals surface area contributed by atoms with Gasteiger partial charge in [-0.25, -0.2) is 0 Å². The Morgan fingerprint density at radius 1 is 1.19 bits per heavy atom. The molecular weight excluding hydrogens is 350 g/mol. The van der Waals surface area contributed by atoms with E-state index in [4.69, 9.17) is 9.47 Å². The molecule has 1 aliphatic rings. The summed E-state index contributed by atoms with van der Waals surface area (Å²) in [4.78, 5) is 5.48. The molecule has 1 aromatic carbocycles. The van der Waals surface area contributed by atoms with E-state index in [9.17, 15) is 0 Å². The second kappa shape index (κ2) is 7.43. The normalized spacial score (nSPS) is 17.5. The van der Waals surface area contributed by atoms with Crippen molar-refractivity contribution in [3.05, 3.63) is 40.6 Å². The summed E-state index contributed by atoms with van der Waals surface area (Å²) in [6, 6.07) is 10.4. The third-order valence-electron chi connectivity index (χ3n) is 4.64. The highest BCUT2D eigenvalue weighted by Gasteiger charge is 2.27. The van der Waals surface area contributed by atoms with Crippen LogP contribution in [-0.2, 0) is 6.67 Å². The number of thiophene rings is 1. The lowest BCUT2D eigenvalue weighted by molar-refractivity contribution is 0.179. The van der Waals surface area contributed by atoms with Crippen LogP contribution in [0.15, 0.2) is 35.7 Å². The maximum atomic E-state index is 5.35. The molecule has 1 saturated heterocycles. The van der Waals surface area contributed by atoms with Crippen LogP contribution < -0.4 is 9.47 Å². The third kappa shape index (κ3) is 3.30. The highest BCUT2D eigenvalue weighted by atomic mass is 32.1. The molecule has 7 nitrogen and oxygen atoms in total. The van der Waals surface area contributed by atoms with Crippen LogP contribution in [0.5, 0.6) is 11.5 Å². The van der Waals surface area contributed by atoms with Crippen molar-refractivity contribution in [3.8, 4) is 22.9 Å². The van der Waals surface area contributed by atoms with E-state index in [1.54, 1.807) is 19.0 Å². The quantitative estimate of drug-likeness (QED) is 0.663. The Morgan fingerprint density at radius 3 is 2.85 bits per heavy atom. The topological polar surface area (TPSA) is 65.3 Å². The monoisotopic (exact) mass is 371 g/mol. The van der Waals surface area contributed by atoms with Gasteiger partial charge in [0.25, 0.3) is 0 Å². The minimum absolute atomic E-state index is 0.450. The maximum absolute atomic E-state index is 5.35. The van der Waals surface area contributed by atoms with Gasteiger partial charge in [-0.1, -0.05) is 6.07 Å². The van der Waals surface area contributed by atoms with Crippen LogP contribution in [0.1, 0.15) is 23.8 Å². The Kier molecular flexibility index (Phi) is 4.85. The number of likely N-dealkylation sites (tertiary alicyclic amines) is 1. The van der Waals surface area contributed by atoms with E-state index in [-0.39, 0.29) is 0 Å². The molecule has 3 heterocycles. The Bertz CT molecular complexity index is 864. The van der Waals surface area contributed by atoms with Gasteiger partial charge >= 0.3 is 0 Å². The van der Waals surface area contributed by atoms with Gasteiger partial charge in [-0.3, -0.25) is 4.90 Å². The Morgan fingerprint density at radius 2 is 2.08 bits per heavy atom. The van der Waals surface area contributed by atoms with Crippen LogP contribution in [0.2, 0.25) is 0 Å². The van der Waals surface area contributed by atoms with Gasteiger partial charge in [0.15, 0.2) is 11.5 Å². The molecule has 0 aliphatic carbocycles. The number of rotatable bonds is 6. The summed E-state index contributed by atoms with van der Waals surface area (Å²) >= 11 is 1.81. The van der Waals surface area contributed by atoms with E-state index in [0.29, 0.717) is 30.0 Å². The van der Waals surface area contributed by atoms with Gasteiger partial charge in [-0.05, 0) is 47.7 Å². The number of hydrogen-bond donors (Lipinski definition) is 0. The molecule has 0 N–H and O–H groups in total. The lowest BCUT2D eigenvalue weighted by atomic mass is 10.2. The second-order valence-electron chi connectivity index (χ2n) is 6.18. The Hall–Kier alpha value is -2.45. The van der Waals surface area contributed by atoms with Crippen molar-refractivity contribution >= 4 is 11.3 Å². The van der Waals surface area contributed by atoms with Gasteiger partial charge in [0.05, 0.1) is 14.2 Å². The van der Waals surface area contributed by atoms with Crippen molar-refractivity contribution in [2.45, 2.75) is 25.6 Å². The molecule has 136 valence electrons. The zero-order valence-electron chi connectivity index (χ0n) is 14.8. The molecule has 1 unspecified atom stereocenters. The average molecular weight is 371 g/mol. The zero-order chi connectivity index (χ0) is 17.9. The van der Waals surface area contributed by atoms with Crippen molar-refractivity contribution in [1.29, 1.82) is 0 Å². The maximum Gasteiger partial charge on any atom is 0.205 e. The highest BCUT2D eigenvalue weighted by Crippen LogP contribution is 2.35. The summed E-state index contributed by atoms with van der Waals surface area (Å²) in [5, 5.41) is 15.1. The number of benzene rings is 1. The first-order valence-corrected chi connectivity index (χ1v) is 9.44. The zero-order valence-corrected chi connectivity index (χ0v) is 15.6. The molecule has 0 radical (unpaired) electrons. The van der Waals surface area contributed by atoms with Crippen molar-refractivity contribution in [3.63, 3.8) is 0 Å². The molecule has 26 heavy (non-hydrogen) atoms. The summed E-state index contributed by atoms with van der Waals surface area (Å²) in [6.07, 6.45) is 2.37. The highest BCUT2D eigenvalue weighted by molar-refractivity contribution is 7.10. The predicted molar refractivity (Wildman–Crippen MR) is 99.4 cm³/mol. The summed E-state index contributed by atoms with van der Waals surface area (Å²) in [5.74, 6) is 1.91. The smallest absolute Gasteiger partial charge is 0.205 e.